The Morgan fingerprint density at radius 3 is 2.54 bits per heavy atom. The minimum absolute atomic E-state index is 0.274. The highest BCUT2D eigenvalue weighted by atomic mass is 16.6. The molecule has 7 heteroatoms. The number of ether oxygens (including phenoxy) is 1. The predicted octanol–water partition coefficient (Wildman–Crippen LogP) is 1.85. The van der Waals surface area contributed by atoms with Crippen LogP contribution >= 0.6 is 0 Å². The van der Waals surface area contributed by atoms with Gasteiger partial charge >= 0.3 is 13.6 Å². The average Bonchev–Trinajstić information content (AvgIpc) is 2.92. The zero-order chi connectivity index (χ0) is 17.3. The minimum Gasteiger partial charge on any atom is -0.448 e. The van der Waals surface area contributed by atoms with Gasteiger partial charge in [-0.2, -0.15) is 0 Å². The molecule has 0 spiro atoms. The molecule has 3 heterocycles. The first-order valence-corrected chi connectivity index (χ1v) is 7.63. The number of fused-ring (bicyclic) bond motifs is 1. The van der Waals surface area contributed by atoms with E-state index in [4.69, 9.17) is 4.74 Å². The van der Waals surface area contributed by atoms with Crippen LogP contribution in [0.1, 0.15) is 20.8 Å². The summed E-state index contributed by atoms with van der Waals surface area (Å²) in [4.78, 5) is 20.8. The summed E-state index contributed by atoms with van der Waals surface area (Å²) in [6.07, 6.45) is 6.20. The number of carbonyl (C=O) groups is 1. The Labute approximate surface area is 140 Å². The van der Waals surface area contributed by atoms with Crippen molar-refractivity contribution in [3.63, 3.8) is 0 Å². The van der Waals surface area contributed by atoms with Crippen LogP contribution in [0.2, 0.25) is 0 Å². The third-order valence-corrected chi connectivity index (χ3v) is 3.54. The normalized spacial score (nSPS) is 11.5. The van der Waals surface area contributed by atoms with Gasteiger partial charge in [-0.15, -0.1) is 0 Å². The van der Waals surface area contributed by atoms with Crippen molar-refractivity contribution >= 4 is 30.1 Å². The Hall–Kier alpha value is -2.67. The molecule has 0 radical (unpaired) electrons. The number of aromatic nitrogens is 3. The van der Waals surface area contributed by atoms with E-state index >= 15 is 0 Å². The van der Waals surface area contributed by atoms with E-state index in [-0.39, 0.29) is 7.48 Å². The first-order valence-electron chi connectivity index (χ1n) is 7.63. The van der Waals surface area contributed by atoms with Gasteiger partial charge in [0.25, 0.3) is 0 Å². The maximum absolute atomic E-state index is 12.6. The number of pyridine rings is 2. The molecular formula is C17H18BN3O3. The van der Waals surface area contributed by atoms with Gasteiger partial charge in [0.2, 0.25) is 0 Å². The lowest BCUT2D eigenvalue weighted by Gasteiger charge is -2.20. The topological polar surface area (TPSA) is 77.2 Å². The van der Waals surface area contributed by atoms with Crippen LogP contribution in [-0.2, 0) is 4.74 Å². The molecule has 0 fully saturated rings. The fraction of sp³-hybridized carbons (Fsp3) is 0.235. The largest absolute Gasteiger partial charge is 0.448 e. The summed E-state index contributed by atoms with van der Waals surface area (Å²) < 4.78 is 6.83. The second kappa shape index (κ2) is 6.09. The van der Waals surface area contributed by atoms with Crippen LogP contribution in [0.3, 0.4) is 0 Å². The van der Waals surface area contributed by atoms with Gasteiger partial charge in [0.1, 0.15) is 5.60 Å². The Morgan fingerprint density at radius 2 is 1.92 bits per heavy atom. The van der Waals surface area contributed by atoms with E-state index in [0.29, 0.717) is 11.1 Å². The molecule has 24 heavy (non-hydrogen) atoms. The Morgan fingerprint density at radius 1 is 1.21 bits per heavy atom. The van der Waals surface area contributed by atoms with Crippen LogP contribution in [0.25, 0.3) is 22.0 Å². The van der Waals surface area contributed by atoms with Crippen LogP contribution in [-0.4, -0.2) is 38.7 Å². The van der Waals surface area contributed by atoms with Crippen molar-refractivity contribution in [3.05, 3.63) is 43.0 Å². The van der Waals surface area contributed by atoms with Crippen LogP contribution in [0.5, 0.6) is 0 Å². The van der Waals surface area contributed by atoms with Gasteiger partial charge in [-0.05, 0) is 44.5 Å². The van der Waals surface area contributed by atoms with Gasteiger partial charge in [-0.3, -0.25) is 14.5 Å². The lowest BCUT2D eigenvalue weighted by atomic mass is 9.95. The van der Waals surface area contributed by atoms with Crippen molar-refractivity contribution < 1.29 is 14.6 Å². The van der Waals surface area contributed by atoms with E-state index in [0.717, 1.165) is 16.5 Å². The van der Waals surface area contributed by atoms with E-state index in [1.165, 1.54) is 4.57 Å². The van der Waals surface area contributed by atoms with E-state index in [1.807, 2.05) is 12.1 Å². The average molecular weight is 323 g/mol. The molecule has 0 atom stereocenters. The van der Waals surface area contributed by atoms with Crippen molar-refractivity contribution in [1.29, 1.82) is 0 Å². The highest BCUT2D eigenvalue weighted by molar-refractivity contribution is 6.46. The fourth-order valence-corrected chi connectivity index (χ4v) is 2.58. The molecule has 3 aromatic rings. The molecule has 0 amide bonds. The molecule has 0 unspecified atom stereocenters. The highest BCUT2D eigenvalue weighted by Crippen LogP contribution is 2.27. The summed E-state index contributed by atoms with van der Waals surface area (Å²) in [5.74, 6) is 0. The first-order chi connectivity index (χ1) is 11.4. The van der Waals surface area contributed by atoms with E-state index in [1.54, 1.807) is 51.6 Å². The summed E-state index contributed by atoms with van der Waals surface area (Å²) in [6.45, 7) is 5.40. The number of hydrogen-bond acceptors (Lipinski definition) is 5. The number of carbonyl (C=O) groups excluding carboxylic acids is 1. The molecule has 0 aliphatic carbocycles. The van der Waals surface area contributed by atoms with Crippen molar-refractivity contribution in [2.45, 2.75) is 26.4 Å². The third-order valence-electron chi connectivity index (χ3n) is 3.54. The molecule has 3 aromatic heterocycles. The Balaban J connectivity index is 2.19. The van der Waals surface area contributed by atoms with Gasteiger partial charge in [-0.1, -0.05) is 0 Å². The summed E-state index contributed by atoms with van der Waals surface area (Å²) >= 11 is 0. The number of rotatable bonds is 2. The smallest absolute Gasteiger partial charge is 0.418 e. The van der Waals surface area contributed by atoms with Crippen molar-refractivity contribution in [2.75, 3.05) is 0 Å². The van der Waals surface area contributed by atoms with Crippen molar-refractivity contribution in [2.24, 2.45) is 0 Å². The van der Waals surface area contributed by atoms with Crippen LogP contribution in [0.4, 0.5) is 4.79 Å². The molecule has 0 aliphatic heterocycles. The van der Waals surface area contributed by atoms with Crippen molar-refractivity contribution in [3.8, 4) is 11.1 Å². The lowest BCUT2D eigenvalue weighted by Crippen LogP contribution is -2.34. The standard InChI is InChI=1S/C17H18BN3O3/c1-17(2,3)24-16(22)21-14-10-20-9-13(11-4-6-19-7-5-11)12(14)8-15(21)18-23/h4-10,18,23H,1-3H3. The van der Waals surface area contributed by atoms with Crippen LogP contribution in [0.15, 0.2) is 43.0 Å². The van der Waals surface area contributed by atoms with Gasteiger partial charge in [-0.25, -0.2) is 4.79 Å². The SMILES string of the molecule is CC(C)(C)OC(=O)n1c(BO)cc2c(-c3ccncc3)cncc21. The van der Waals surface area contributed by atoms with Crippen LogP contribution in [0, 0.1) is 0 Å². The van der Waals surface area contributed by atoms with Gasteiger partial charge in [0.15, 0.2) is 0 Å². The summed E-state index contributed by atoms with van der Waals surface area (Å²) in [6, 6.07) is 5.54. The molecule has 0 aromatic carbocycles. The molecule has 122 valence electrons. The summed E-state index contributed by atoms with van der Waals surface area (Å²) in [5.41, 5.74) is 2.24. The Bertz CT molecular complexity index is 885. The summed E-state index contributed by atoms with van der Waals surface area (Å²) in [7, 11) is -0.274. The molecule has 0 bridgehead atoms. The van der Waals surface area contributed by atoms with Crippen LogP contribution < -0.4 is 5.59 Å². The van der Waals surface area contributed by atoms with E-state index in [2.05, 4.69) is 9.97 Å². The quantitative estimate of drug-likeness (QED) is 0.728. The second-order valence-electron chi connectivity index (χ2n) is 6.47. The fourth-order valence-electron chi connectivity index (χ4n) is 2.58. The van der Waals surface area contributed by atoms with Gasteiger partial charge in [0.05, 0.1) is 11.7 Å². The molecule has 0 saturated carbocycles. The molecular weight excluding hydrogens is 305 g/mol. The predicted molar refractivity (Wildman–Crippen MR) is 93.6 cm³/mol. The second-order valence-corrected chi connectivity index (χ2v) is 6.47. The zero-order valence-corrected chi connectivity index (χ0v) is 13.9. The van der Waals surface area contributed by atoms with Crippen molar-refractivity contribution in [1.82, 2.24) is 14.5 Å². The molecule has 3 rings (SSSR count). The van der Waals surface area contributed by atoms with Gasteiger partial charge in [0, 0.05) is 35.1 Å². The summed E-state index contributed by atoms with van der Waals surface area (Å²) in [5, 5.41) is 10.5. The first kappa shape index (κ1) is 16.2. The molecule has 0 saturated heterocycles. The molecule has 1 N–H and O–H groups in total. The van der Waals surface area contributed by atoms with E-state index < -0.39 is 11.7 Å². The maximum atomic E-state index is 12.6. The molecule has 6 nitrogen and oxygen atoms in total. The lowest BCUT2D eigenvalue weighted by molar-refractivity contribution is 0.0549. The number of hydrogen-bond donors (Lipinski definition) is 1. The molecule has 0 aliphatic rings. The monoisotopic (exact) mass is 323 g/mol. The van der Waals surface area contributed by atoms with E-state index in [9.17, 15) is 9.82 Å². The third kappa shape index (κ3) is 3.03. The number of nitrogens with zero attached hydrogens (tertiary/aromatic N) is 3. The Kier molecular flexibility index (Phi) is 4.11. The highest BCUT2D eigenvalue weighted by Gasteiger charge is 2.23. The minimum atomic E-state index is -0.628. The van der Waals surface area contributed by atoms with Gasteiger partial charge < -0.3 is 9.76 Å². The zero-order valence-electron chi connectivity index (χ0n) is 13.9. The maximum Gasteiger partial charge on any atom is 0.418 e.